The zero-order valence-corrected chi connectivity index (χ0v) is 25.6. The number of rotatable bonds is 22. The summed E-state index contributed by atoms with van der Waals surface area (Å²) >= 11 is 0. The summed E-state index contributed by atoms with van der Waals surface area (Å²) in [6.07, 6.45) is 12.8. The number of aliphatic hydroxyl groups excluding tert-OH is 2. The van der Waals surface area contributed by atoms with Gasteiger partial charge >= 0.3 is 11.9 Å². The van der Waals surface area contributed by atoms with Crippen LogP contribution in [-0.4, -0.2) is 73.2 Å². The van der Waals surface area contributed by atoms with E-state index in [1.807, 2.05) is 13.5 Å². The number of aliphatic hydroxyl groups is 2. The van der Waals surface area contributed by atoms with E-state index in [0.29, 0.717) is 10.9 Å². The molecule has 0 aromatic heterocycles. The van der Waals surface area contributed by atoms with Gasteiger partial charge in [-0.15, -0.1) is 0 Å². The summed E-state index contributed by atoms with van der Waals surface area (Å²) in [5.41, 5.74) is -1.77. The Morgan fingerprint density at radius 3 is 1.86 bits per heavy atom. The van der Waals surface area contributed by atoms with Crippen LogP contribution in [0.15, 0.2) is 0 Å². The summed E-state index contributed by atoms with van der Waals surface area (Å²) in [5, 5.41) is 18.4. The minimum absolute atomic E-state index is 0. The predicted octanol–water partition coefficient (Wildman–Crippen LogP) is 2.42. The molecule has 0 aromatic rings. The third-order valence-corrected chi connectivity index (χ3v) is 7.15. The Bertz CT molecular complexity index is 613. The first kappa shape index (κ1) is 38.3. The molecule has 0 saturated heterocycles. The Kier molecular flexibility index (Phi) is 20.8. The van der Waals surface area contributed by atoms with Crippen LogP contribution >= 0.6 is 0 Å². The van der Waals surface area contributed by atoms with E-state index >= 15 is 0 Å². The highest BCUT2D eigenvalue weighted by molar-refractivity contribution is 5.80. The first-order valence-corrected chi connectivity index (χ1v) is 14.1. The summed E-state index contributed by atoms with van der Waals surface area (Å²) < 4.78 is 11.5. The average Bonchev–Trinajstić information content (AvgIpc) is 2.82. The molecule has 8 heteroatoms. The Morgan fingerprint density at radius 1 is 0.865 bits per heavy atom. The lowest BCUT2D eigenvalue weighted by Crippen LogP contribution is -3.00. The molecule has 37 heavy (non-hydrogen) atoms. The number of unbranched alkanes of at least 4 members (excludes halogenated alkanes) is 9. The first-order valence-electron chi connectivity index (χ1n) is 14.1. The molecule has 0 fully saturated rings. The molecule has 0 bridgehead atoms. The van der Waals surface area contributed by atoms with Gasteiger partial charge in [0.15, 0.2) is 0 Å². The highest BCUT2D eigenvalue weighted by Gasteiger charge is 2.43. The van der Waals surface area contributed by atoms with Gasteiger partial charge in [-0.25, -0.2) is 0 Å². The number of likely N-dealkylation sites (N-methyl/N-ethyl adjacent to an activating group) is 1. The van der Waals surface area contributed by atoms with Crippen molar-refractivity contribution in [3.63, 3.8) is 0 Å². The van der Waals surface area contributed by atoms with Crippen molar-refractivity contribution in [3.05, 3.63) is 6.54 Å². The molecule has 2 atom stereocenters. The Labute approximate surface area is 233 Å². The number of hydrogen-bond acceptors (Lipinski definition) is 6. The maximum Gasteiger partial charge on any atom is 0.311 e. The van der Waals surface area contributed by atoms with Gasteiger partial charge in [-0.2, -0.15) is 0 Å². The van der Waals surface area contributed by atoms with Crippen LogP contribution in [0.3, 0.4) is 0 Å². The number of quaternary nitrogens is 1. The van der Waals surface area contributed by atoms with Crippen molar-refractivity contribution in [3.8, 4) is 0 Å². The number of hydrogen-bond donors (Lipinski definition) is 2. The van der Waals surface area contributed by atoms with Crippen molar-refractivity contribution in [2.24, 2.45) is 10.8 Å². The van der Waals surface area contributed by atoms with E-state index in [0.717, 1.165) is 13.0 Å². The number of carbonyl (C=O) groups excluding carboxylic acids is 2. The smallest absolute Gasteiger partial charge is 0.311 e. The lowest BCUT2D eigenvalue weighted by atomic mass is 9.72. The molecule has 0 spiro atoms. The maximum absolute atomic E-state index is 12.8. The van der Waals surface area contributed by atoms with Crippen molar-refractivity contribution < 1.29 is 46.2 Å². The number of halogens is 1. The zero-order chi connectivity index (χ0) is 27.7. The van der Waals surface area contributed by atoms with Gasteiger partial charge in [0.1, 0.15) is 12.7 Å². The first-order chi connectivity index (χ1) is 16.8. The number of ether oxygens (including phenoxy) is 2. The normalized spacial score (nSPS) is 14.4. The van der Waals surface area contributed by atoms with Gasteiger partial charge in [-0.05, 0) is 46.5 Å². The summed E-state index contributed by atoms with van der Waals surface area (Å²) in [4.78, 5) is 25.5. The van der Waals surface area contributed by atoms with Crippen molar-refractivity contribution in [1.82, 2.24) is 0 Å². The predicted molar refractivity (Wildman–Crippen MR) is 145 cm³/mol. The van der Waals surface area contributed by atoms with Gasteiger partial charge in [0.2, 0.25) is 0 Å². The molecule has 0 amide bonds. The van der Waals surface area contributed by atoms with E-state index in [4.69, 9.17) is 14.6 Å². The SMILES string of the molecule is CCCCCCCCCCCC[N+](C)(C)[CH-]COC(=O)C(C)(C)CC(C)(CC)C(=O)OCC(O)CO.[Cl-]. The summed E-state index contributed by atoms with van der Waals surface area (Å²) in [5.74, 6) is -0.834. The summed E-state index contributed by atoms with van der Waals surface area (Å²) in [7, 11) is 4.25. The fraction of sp³-hybridized carbons (Fsp3) is 0.897. The number of esters is 2. The Hall–Kier alpha value is -0.890. The van der Waals surface area contributed by atoms with Crippen LogP contribution in [0.1, 0.15) is 112 Å². The van der Waals surface area contributed by atoms with E-state index in [1.165, 1.54) is 57.8 Å². The van der Waals surface area contributed by atoms with Crippen molar-refractivity contribution in [2.75, 3.05) is 40.5 Å². The van der Waals surface area contributed by atoms with Crippen LogP contribution in [0, 0.1) is 17.4 Å². The molecule has 222 valence electrons. The number of nitrogens with zero attached hydrogens (tertiary/aromatic N) is 1. The van der Waals surface area contributed by atoms with Crippen molar-refractivity contribution >= 4 is 11.9 Å². The fourth-order valence-corrected chi connectivity index (χ4v) is 4.40. The summed E-state index contributed by atoms with van der Waals surface area (Å²) in [6, 6.07) is 0. The molecular weight excluding hydrogens is 494 g/mol. The molecule has 0 heterocycles. The lowest BCUT2D eigenvalue weighted by molar-refractivity contribution is -0.861. The third kappa shape index (κ3) is 17.3. The second-order valence-corrected chi connectivity index (χ2v) is 11.9. The van der Waals surface area contributed by atoms with Crippen LogP contribution < -0.4 is 12.4 Å². The monoisotopic (exact) mass is 550 g/mol. The maximum atomic E-state index is 12.8. The minimum atomic E-state index is -1.11. The topological polar surface area (TPSA) is 93.1 Å². The highest BCUT2D eigenvalue weighted by Crippen LogP contribution is 2.38. The molecule has 7 nitrogen and oxygen atoms in total. The average molecular weight is 551 g/mol. The largest absolute Gasteiger partial charge is 1.00 e. The van der Waals surface area contributed by atoms with Crippen LogP contribution in [0.5, 0.6) is 0 Å². The summed E-state index contributed by atoms with van der Waals surface area (Å²) in [6.45, 7) is 12.0. The van der Waals surface area contributed by atoms with Crippen LogP contribution in [-0.2, 0) is 19.1 Å². The van der Waals surface area contributed by atoms with Crippen molar-refractivity contribution in [1.29, 1.82) is 0 Å². The fourth-order valence-electron chi connectivity index (χ4n) is 4.40. The third-order valence-electron chi connectivity index (χ3n) is 7.15. The van der Waals surface area contributed by atoms with Gasteiger partial charge in [0, 0.05) is 20.7 Å². The second-order valence-electron chi connectivity index (χ2n) is 11.9. The minimum Gasteiger partial charge on any atom is -1.00 e. The van der Waals surface area contributed by atoms with E-state index in [-0.39, 0.29) is 38.0 Å². The molecule has 2 unspecified atom stereocenters. The molecule has 0 aliphatic heterocycles. The van der Waals surface area contributed by atoms with E-state index in [9.17, 15) is 14.7 Å². The lowest BCUT2D eigenvalue weighted by Gasteiger charge is -2.40. The van der Waals surface area contributed by atoms with Gasteiger partial charge in [-0.1, -0.05) is 71.8 Å². The van der Waals surface area contributed by atoms with Crippen LogP contribution in [0.25, 0.3) is 0 Å². The van der Waals surface area contributed by atoms with Gasteiger partial charge in [0.25, 0.3) is 0 Å². The van der Waals surface area contributed by atoms with E-state index in [2.05, 4.69) is 21.0 Å². The standard InChI is InChI=1S/C29H57NO6.ClH/c1-8-10-11-12-13-14-15-16-17-18-19-30(6,7)20-21-35-26(33)28(3,4)24-29(5,9-2)27(34)36-23-25(32)22-31;/h20,25,31-32H,8-19,21-24H2,1-7H3;1H/p-1. The second kappa shape index (κ2) is 20.1. The molecule has 0 aliphatic rings. The van der Waals surface area contributed by atoms with Gasteiger partial charge in [-0.3, -0.25) is 9.59 Å². The Balaban J connectivity index is 0. The van der Waals surface area contributed by atoms with Gasteiger partial charge in [0.05, 0.1) is 24.0 Å². The molecule has 0 aliphatic carbocycles. The highest BCUT2D eigenvalue weighted by atomic mass is 35.5. The van der Waals surface area contributed by atoms with Crippen LogP contribution in [0.2, 0.25) is 0 Å². The van der Waals surface area contributed by atoms with E-state index in [1.54, 1.807) is 20.8 Å². The zero-order valence-electron chi connectivity index (χ0n) is 24.8. The molecule has 0 radical (unpaired) electrons. The molecular formula is C29H57ClNO6-. The molecule has 0 rings (SSSR count). The van der Waals surface area contributed by atoms with Crippen molar-refractivity contribution in [2.45, 2.75) is 118 Å². The van der Waals surface area contributed by atoms with E-state index < -0.39 is 29.5 Å². The van der Waals surface area contributed by atoms with Crippen LogP contribution in [0.4, 0.5) is 0 Å². The molecule has 2 N–H and O–H groups in total. The van der Waals surface area contributed by atoms with Gasteiger partial charge < -0.3 is 36.6 Å². The quantitative estimate of drug-likeness (QED) is 0.0930. The Morgan fingerprint density at radius 2 is 1.38 bits per heavy atom. The molecule has 0 aromatic carbocycles. The number of carbonyl (C=O) groups is 2. The molecule has 0 saturated carbocycles.